The molecule has 0 spiro atoms. The highest BCUT2D eigenvalue weighted by Crippen LogP contribution is 2.44. The van der Waals surface area contributed by atoms with Crippen LogP contribution in [0, 0.1) is 0 Å². The van der Waals surface area contributed by atoms with Gasteiger partial charge in [-0.3, -0.25) is 14.5 Å². The monoisotopic (exact) mass is 583 g/mol. The van der Waals surface area contributed by atoms with Crippen LogP contribution in [-0.4, -0.2) is 54.2 Å². The molecule has 1 aromatic heterocycles. The average Bonchev–Trinajstić information content (AvgIpc) is 3.63. The summed E-state index contributed by atoms with van der Waals surface area (Å²) in [6.07, 6.45) is -0.986. The number of nitrogens with zero attached hydrogens (tertiary/aromatic N) is 1. The van der Waals surface area contributed by atoms with Gasteiger partial charge in [0.15, 0.2) is 0 Å². The van der Waals surface area contributed by atoms with Gasteiger partial charge in [-0.15, -0.1) is 11.3 Å². The van der Waals surface area contributed by atoms with Gasteiger partial charge in [-0.25, -0.2) is 4.79 Å². The molecule has 42 heavy (non-hydrogen) atoms. The highest BCUT2D eigenvalue weighted by Gasteiger charge is 2.31. The molecule has 3 N–H and O–H groups in total. The second kappa shape index (κ2) is 13.5. The fourth-order valence-corrected chi connectivity index (χ4v) is 6.18. The van der Waals surface area contributed by atoms with Gasteiger partial charge in [0, 0.05) is 23.9 Å². The summed E-state index contributed by atoms with van der Waals surface area (Å²) in [6, 6.07) is 27.9. The van der Waals surface area contributed by atoms with Crippen molar-refractivity contribution < 1.29 is 24.2 Å². The molecule has 2 unspecified atom stereocenters. The lowest BCUT2D eigenvalue weighted by molar-refractivity contribution is -0.137. The van der Waals surface area contributed by atoms with Crippen LogP contribution in [0.3, 0.4) is 0 Å². The molecule has 0 saturated carbocycles. The Labute approximate surface area is 249 Å². The number of carbonyl (C=O) groups is 3. The van der Waals surface area contributed by atoms with Gasteiger partial charge >= 0.3 is 12.1 Å². The van der Waals surface area contributed by atoms with Gasteiger partial charge in [0.2, 0.25) is 5.91 Å². The molecule has 3 aromatic carbocycles. The van der Waals surface area contributed by atoms with Gasteiger partial charge in [-0.2, -0.15) is 0 Å². The van der Waals surface area contributed by atoms with Gasteiger partial charge in [0.1, 0.15) is 12.6 Å². The second-order valence-electron chi connectivity index (χ2n) is 10.4. The third-order valence-electron chi connectivity index (χ3n) is 7.32. The molecule has 1 aliphatic rings. The highest BCUT2D eigenvalue weighted by atomic mass is 32.1. The number of rotatable bonds is 12. The fourth-order valence-electron chi connectivity index (χ4n) is 5.41. The summed E-state index contributed by atoms with van der Waals surface area (Å²) in [5.74, 6) is -1.63. The van der Waals surface area contributed by atoms with Crippen LogP contribution in [0.15, 0.2) is 96.4 Å². The minimum absolute atomic E-state index is 0.116. The normalized spacial score (nSPS) is 13.6. The molecule has 216 valence electrons. The Bertz CT molecular complexity index is 1480. The summed E-state index contributed by atoms with van der Waals surface area (Å²) in [6.45, 7) is 0.862. The smallest absolute Gasteiger partial charge is 0.407 e. The van der Waals surface area contributed by atoms with Crippen LogP contribution in [0.5, 0.6) is 0 Å². The zero-order chi connectivity index (χ0) is 29.5. The molecule has 8 nitrogen and oxygen atoms in total. The maximum atomic E-state index is 13.5. The van der Waals surface area contributed by atoms with Crippen molar-refractivity contribution in [3.8, 4) is 11.1 Å². The number of likely N-dealkylation sites (N-methyl/N-ethyl adjacent to an activating group) is 1. The van der Waals surface area contributed by atoms with E-state index in [1.165, 1.54) is 11.3 Å². The molecular weight excluding hydrogens is 550 g/mol. The molecule has 0 radical (unpaired) electrons. The topological polar surface area (TPSA) is 108 Å². The lowest BCUT2D eigenvalue weighted by atomic mass is 9.98. The highest BCUT2D eigenvalue weighted by molar-refractivity contribution is 7.10. The lowest BCUT2D eigenvalue weighted by Gasteiger charge is -2.26. The van der Waals surface area contributed by atoms with Crippen LogP contribution in [0.1, 0.15) is 39.9 Å². The number of hydrogen-bond acceptors (Lipinski definition) is 6. The molecule has 0 aliphatic heterocycles. The molecule has 2 amide bonds. The van der Waals surface area contributed by atoms with Crippen molar-refractivity contribution in [3.63, 3.8) is 0 Å². The van der Waals surface area contributed by atoms with Crippen molar-refractivity contribution in [3.05, 3.63) is 118 Å². The second-order valence-corrected chi connectivity index (χ2v) is 11.4. The van der Waals surface area contributed by atoms with E-state index in [1.54, 1.807) is 12.1 Å². The zero-order valence-electron chi connectivity index (χ0n) is 23.2. The minimum Gasteiger partial charge on any atom is -0.481 e. The van der Waals surface area contributed by atoms with Crippen LogP contribution in [-0.2, 0) is 20.9 Å². The first-order chi connectivity index (χ1) is 20.4. The third-order valence-corrected chi connectivity index (χ3v) is 8.31. The van der Waals surface area contributed by atoms with Gasteiger partial charge in [0.25, 0.3) is 0 Å². The zero-order valence-corrected chi connectivity index (χ0v) is 24.1. The maximum Gasteiger partial charge on any atom is 0.407 e. The van der Waals surface area contributed by atoms with E-state index in [4.69, 9.17) is 4.74 Å². The Morgan fingerprint density at radius 1 is 0.881 bits per heavy atom. The predicted molar refractivity (Wildman–Crippen MR) is 162 cm³/mol. The van der Waals surface area contributed by atoms with Crippen molar-refractivity contribution in [2.24, 2.45) is 0 Å². The number of fused-ring (bicyclic) bond motifs is 3. The van der Waals surface area contributed by atoms with Crippen LogP contribution in [0.25, 0.3) is 11.1 Å². The summed E-state index contributed by atoms with van der Waals surface area (Å²) in [7, 11) is 1.86. The number of alkyl carbamates (subject to hydrolysis) is 1. The van der Waals surface area contributed by atoms with E-state index in [0.29, 0.717) is 6.54 Å². The lowest BCUT2D eigenvalue weighted by Crippen LogP contribution is -2.52. The van der Waals surface area contributed by atoms with Gasteiger partial charge in [-0.05, 0) is 46.3 Å². The molecule has 4 aromatic rings. The van der Waals surface area contributed by atoms with E-state index < -0.39 is 30.1 Å². The van der Waals surface area contributed by atoms with Crippen molar-refractivity contribution >= 4 is 29.3 Å². The quantitative estimate of drug-likeness (QED) is 0.206. The van der Waals surface area contributed by atoms with Crippen LogP contribution >= 0.6 is 11.3 Å². The standard InChI is InChI=1S/C33H33N3O5S/c1-36(19-22-10-3-2-4-11-22)20-29(32(39)34-28(18-31(37)38)30-16-9-17-42-30)35-33(40)41-21-27-25-14-7-5-12-23(25)24-13-6-8-15-26(24)27/h2-17,27-29H,18-21H2,1H3,(H,34,39)(H,35,40)(H,37,38). The van der Waals surface area contributed by atoms with E-state index in [9.17, 15) is 19.5 Å². The number of hydrogen-bond donors (Lipinski definition) is 3. The summed E-state index contributed by atoms with van der Waals surface area (Å²) in [5, 5.41) is 16.9. The largest absolute Gasteiger partial charge is 0.481 e. The fraction of sp³-hybridized carbons (Fsp3) is 0.242. The number of carbonyl (C=O) groups excluding carboxylic acids is 2. The van der Waals surface area contributed by atoms with Crippen molar-refractivity contribution in [2.75, 3.05) is 20.2 Å². The van der Waals surface area contributed by atoms with Gasteiger partial charge < -0.3 is 20.5 Å². The molecule has 0 bridgehead atoms. The van der Waals surface area contributed by atoms with Gasteiger partial charge in [0.05, 0.1) is 12.5 Å². The first kappa shape index (κ1) is 29.0. The SMILES string of the molecule is CN(Cc1ccccc1)CC(NC(=O)OCC1c2ccccc2-c2ccccc21)C(=O)NC(CC(=O)O)c1cccs1. The summed E-state index contributed by atoms with van der Waals surface area (Å²) in [4.78, 5) is 40.9. The Kier molecular flexibility index (Phi) is 9.31. The molecule has 9 heteroatoms. The number of carboxylic acids is 1. The Morgan fingerprint density at radius 2 is 1.52 bits per heavy atom. The number of carboxylic acid groups (broad SMARTS) is 1. The molecule has 1 aliphatic carbocycles. The number of benzene rings is 3. The van der Waals surface area contributed by atoms with Crippen LogP contribution in [0.4, 0.5) is 4.79 Å². The maximum absolute atomic E-state index is 13.5. The van der Waals surface area contributed by atoms with E-state index in [2.05, 4.69) is 22.8 Å². The van der Waals surface area contributed by atoms with Gasteiger partial charge in [-0.1, -0.05) is 84.9 Å². The summed E-state index contributed by atoms with van der Waals surface area (Å²) in [5.41, 5.74) is 5.49. The van der Waals surface area contributed by atoms with Crippen molar-refractivity contribution in [1.82, 2.24) is 15.5 Å². The molecule has 0 saturated heterocycles. The molecule has 2 atom stereocenters. The van der Waals surface area contributed by atoms with E-state index in [-0.39, 0.29) is 25.5 Å². The minimum atomic E-state index is -1.03. The Hall–Kier alpha value is -4.47. The molecule has 1 heterocycles. The van der Waals surface area contributed by atoms with E-state index in [1.807, 2.05) is 84.1 Å². The third kappa shape index (κ3) is 7.05. The van der Waals surface area contributed by atoms with Crippen molar-refractivity contribution in [1.29, 1.82) is 0 Å². The molecule has 5 rings (SSSR count). The Balaban J connectivity index is 1.29. The average molecular weight is 584 g/mol. The van der Waals surface area contributed by atoms with E-state index >= 15 is 0 Å². The first-order valence-electron chi connectivity index (χ1n) is 13.8. The first-order valence-corrected chi connectivity index (χ1v) is 14.7. The molecular formula is C33H33N3O5S. The number of thiophene rings is 1. The number of amides is 2. The Morgan fingerprint density at radius 3 is 2.14 bits per heavy atom. The predicted octanol–water partition coefficient (Wildman–Crippen LogP) is 5.42. The van der Waals surface area contributed by atoms with Crippen molar-refractivity contribution in [2.45, 2.75) is 31.0 Å². The number of aliphatic carboxylic acids is 1. The number of ether oxygens (including phenoxy) is 1. The van der Waals surface area contributed by atoms with E-state index in [0.717, 1.165) is 32.7 Å². The molecule has 0 fully saturated rings. The van der Waals surface area contributed by atoms with Crippen LogP contribution < -0.4 is 10.6 Å². The van der Waals surface area contributed by atoms with Crippen LogP contribution in [0.2, 0.25) is 0 Å². The summed E-state index contributed by atoms with van der Waals surface area (Å²) < 4.78 is 5.72. The summed E-state index contributed by atoms with van der Waals surface area (Å²) >= 11 is 1.37. The number of nitrogens with one attached hydrogen (secondary N) is 2.